The molecule has 0 spiro atoms. The lowest BCUT2D eigenvalue weighted by molar-refractivity contribution is -0.239. The molecule has 1 aliphatic carbocycles. The van der Waals surface area contributed by atoms with Crippen LogP contribution >= 0.6 is 0 Å². The minimum atomic E-state index is -0.412. The molecule has 0 heterocycles. The summed E-state index contributed by atoms with van der Waals surface area (Å²) in [4.78, 5) is 21.9. The smallest absolute Gasteiger partial charge is 0.292 e. The van der Waals surface area contributed by atoms with Crippen LogP contribution in [0.5, 0.6) is 0 Å². The Kier molecular flexibility index (Phi) is 4.37. The molecule has 1 fully saturated rings. The molecule has 0 aliphatic heterocycles. The summed E-state index contributed by atoms with van der Waals surface area (Å²) in [5.41, 5.74) is 2.61. The summed E-state index contributed by atoms with van der Waals surface area (Å²) in [6.45, 7) is 3.90. The fourth-order valence-corrected chi connectivity index (χ4v) is 2.21. The first kappa shape index (κ1) is 13.1. The summed E-state index contributed by atoms with van der Waals surface area (Å²) in [6.07, 6.45) is 6.17. The molecule has 0 aromatic heterocycles. The van der Waals surface area contributed by atoms with Gasteiger partial charge in [-0.1, -0.05) is 37.0 Å². The van der Waals surface area contributed by atoms with Crippen LogP contribution in [0, 0.1) is 20.0 Å². The number of hydrogen-bond acceptors (Lipinski definition) is 3. The van der Waals surface area contributed by atoms with Crippen LogP contribution in [0.25, 0.3) is 0 Å². The van der Waals surface area contributed by atoms with Gasteiger partial charge in [0.15, 0.2) is 0 Å². The van der Waals surface area contributed by atoms with Crippen molar-refractivity contribution in [3.05, 3.63) is 41.0 Å². The third-order valence-corrected chi connectivity index (χ3v) is 3.25. The summed E-state index contributed by atoms with van der Waals surface area (Å²) in [6, 6.07) is 5.64. The van der Waals surface area contributed by atoms with Crippen molar-refractivity contribution in [2.75, 3.05) is 0 Å². The van der Waals surface area contributed by atoms with E-state index in [1.165, 1.54) is 6.42 Å². The minimum absolute atomic E-state index is 0.412. The number of benzene rings is 1. The fraction of sp³-hybridized carbons (Fsp3) is 0.467. The number of rotatable bonds is 3. The molecular weight excluding hydrogens is 228 g/mol. The van der Waals surface area contributed by atoms with Gasteiger partial charge >= 0.3 is 5.97 Å². The highest BCUT2D eigenvalue weighted by atomic mass is 17.2. The Morgan fingerprint density at radius 1 is 1.11 bits per heavy atom. The van der Waals surface area contributed by atoms with Crippen LogP contribution in [0.4, 0.5) is 0 Å². The lowest BCUT2D eigenvalue weighted by atomic mass is 9.98. The van der Waals surface area contributed by atoms with E-state index in [1.807, 2.05) is 26.0 Å². The molecule has 1 radical (unpaired) electrons. The first-order valence-electron chi connectivity index (χ1n) is 6.47. The Bertz CT molecular complexity index is 420. The number of carbonyl (C=O) groups is 1. The van der Waals surface area contributed by atoms with E-state index in [4.69, 9.17) is 9.78 Å². The van der Waals surface area contributed by atoms with Crippen LogP contribution in [0.3, 0.4) is 0 Å². The van der Waals surface area contributed by atoms with Crippen molar-refractivity contribution >= 4 is 5.97 Å². The lowest BCUT2D eigenvalue weighted by Gasteiger charge is -2.18. The predicted molar refractivity (Wildman–Crippen MR) is 68.7 cm³/mol. The van der Waals surface area contributed by atoms with Crippen LogP contribution in [-0.2, 0) is 9.78 Å². The van der Waals surface area contributed by atoms with Crippen LogP contribution in [0.15, 0.2) is 18.2 Å². The van der Waals surface area contributed by atoms with E-state index in [-0.39, 0.29) is 0 Å². The van der Waals surface area contributed by atoms with Crippen molar-refractivity contribution < 1.29 is 14.6 Å². The second kappa shape index (κ2) is 6.01. The summed E-state index contributed by atoms with van der Waals surface area (Å²) in [7, 11) is 0. The molecule has 1 aromatic carbocycles. The van der Waals surface area contributed by atoms with Gasteiger partial charge in [0.2, 0.25) is 0 Å². The normalized spacial score (nSPS) is 16.6. The van der Waals surface area contributed by atoms with Gasteiger partial charge in [0.1, 0.15) is 6.10 Å². The highest BCUT2D eigenvalue weighted by molar-refractivity contribution is 5.90. The van der Waals surface area contributed by atoms with Crippen molar-refractivity contribution in [3.63, 3.8) is 0 Å². The van der Waals surface area contributed by atoms with Gasteiger partial charge in [0, 0.05) is 0 Å². The van der Waals surface area contributed by atoms with E-state index in [0.29, 0.717) is 5.56 Å². The maximum atomic E-state index is 11.9. The maximum Gasteiger partial charge on any atom is 0.373 e. The molecule has 2 rings (SSSR count). The maximum absolute atomic E-state index is 11.9. The molecule has 1 saturated carbocycles. The van der Waals surface area contributed by atoms with Crippen molar-refractivity contribution in [3.8, 4) is 0 Å². The van der Waals surface area contributed by atoms with Crippen LogP contribution in [0.2, 0.25) is 0 Å². The second-order valence-electron chi connectivity index (χ2n) is 4.87. The molecule has 0 atom stereocenters. The van der Waals surface area contributed by atoms with Crippen molar-refractivity contribution in [1.82, 2.24) is 0 Å². The van der Waals surface area contributed by atoms with Gasteiger partial charge in [-0.3, -0.25) is 4.89 Å². The number of carbonyl (C=O) groups excluding carboxylic acids is 1. The largest absolute Gasteiger partial charge is 0.373 e. The van der Waals surface area contributed by atoms with Gasteiger partial charge in [-0.15, -0.1) is 0 Å². The summed E-state index contributed by atoms with van der Waals surface area (Å²) in [5.74, 6) is -0.412. The molecule has 18 heavy (non-hydrogen) atoms. The zero-order valence-electron chi connectivity index (χ0n) is 11.0. The number of hydrogen-bond donors (Lipinski definition) is 0. The van der Waals surface area contributed by atoms with Gasteiger partial charge in [0.05, 0.1) is 5.56 Å². The standard InChI is InChI=1S/C15H19O3/c1-11-8-9-14(12(2)10-11)15(16)18-17-13-6-4-3-5-7-13/h8-10H,3-7H2,1-2H3. The van der Waals surface area contributed by atoms with E-state index in [1.54, 1.807) is 6.07 Å². The molecule has 3 nitrogen and oxygen atoms in total. The SMILES string of the molecule is Cc1ccc(C(=O)OO[C]2CCCCC2)c(C)c1. The van der Waals surface area contributed by atoms with E-state index in [2.05, 4.69) is 0 Å². The summed E-state index contributed by atoms with van der Waals surface area (Å²) in [5, 5.41) is 0. The first-order valence-corrected chi connectivity index (χ1v) is 6.47. The van der Waals surface area contributed by atoms with Gasteiger partial charge in [0.25, 0.3) is 0 Å². The first-order chi connectivity index (χ1) is 8.66. The Labute approximate surface area is 108 Å². The van der Waals surface area contributed by atoms with E-state index >= 15 is 0 Å². The Morgan fingerprint density at radius 3 is 2.50 bits per heavy atom. The number of aryl methyl sites for hydroxylation is 2. The molecule has 0 unspecified atom stereocenters. The van der Waals surface area contributed by atoms with E-state index in [9.17, 15) is 4.79 Å². The molecule has 1 aromatic rings. The average molecular weight is 247 g/mol. The fourth-order valence-electron chi connectivity index (χ4n) is 2.21. The zero-order chi connectivity index (χ0) is 13.0. The van der Waals surface area contributed by atoms with E-state index < -0.39 is 5.97 Å². The Balaban J connectivity index is 1.90. The lowest BCUT2D eigenvalue weighted by Crippen LogP contribution is -2.13. The molecular formula is C15H19O3. The highest BCUT2D eigenvalue weighted by Gasteiger charge is 2.19. The third kappa shape index (κ3) is 3.33. The quantitative estimate of drug-likeness (QED) is 0.600. The van der Waals surface area contributed by atoms with Crippen molar-refractivity contribution in [2.24, 2.45) is 0 Å². The van der Waals surface area contributed by atoms with Gasteiger partial charge < -0.3 is 0 Å². The topological polar surface area (TPSA) is 35.5 Å². The second-order valence-corrected chi connectivity index (χ2v) is 4.87. The monoisotopic (exact) mass is 247 g/mol. The van der Waals surface area contributed by atoms with Crippen molar-refractivity contribution in [1.29, 1.82) is 0 Å². The van der Waals surface area contributed by atoms with Gasteiger partial charge in [-0.05, 0) is 38.3 Å². The zero-order valence-corrected chi connectivity index (χ0v) is 11.0. The van der Waals surface area contributed by atoms with E-state index in [0.717, 1.165) is 42.9 Å². The van der Waals surface area contributed by atoms with Crippen molar-refractivity contribution in [2.45, 2.75) is 46.0 Å². The molecule has 1 aliphatic rings. The highest BCUT2D eigenvalue weighted by Crippen LogP contribution is 2.27. The van der Waals surface area contributed by atoms with Gasteiger partial charge in [-0.2, -0.15) is 4.89 Å². The summed E-state index contributed by atoms with van der Waals surface area (Å²) < 4.78 is 0. The Morgan fingerprint density at radius 2 is 1.83 bits per heavy atom. The third-order valence-electron chi connectivity index (χ3n) is 3.25. The molecule has 3 heteroatoms. The molecule has 0 saturated heterocycles. The molecule has 0 amide bonds. The van der Waals surface area contributed by atoms with Crippen LogP contribution < -0.4 is 0 Å². The average Bonchev–Trinajstić information content (AvgIpc) is 2.37. The summed E-state index contributed by atoms with van der Waals surface area (Å²) >= 11 is 0. The predicted octanol–water partition coefficient (Wildman–Crippen LogP) is 3.89. The molecule has 0 N–H and O–H groups in total. The molecule has 97 valence electrons. The van der Waals surface area contributed by atoms with Crippen LogP contribution in [-0.4, -0.2) is 5.97 Å². The van der Waals surface area contributed by atoms with Gasteiger partial charge in [-0.25, -0.2) is 4.79 Å². The molecule has 0 bridgehead atoms. The Hall–Kier alpha value is -1.35. The van der Waals surface area contributed by atoms with Crippen LogP contribution in [0.1, 0.15) is 53.6 Å². The minimum Gasteiger partial charge on any atom is -0.292 e.